The number of nitrogens with one attached hydrogen (secondary N) is 1. The summed E-state index contributed by atoms with van der Waals surface area (Å²) in [6.07, 6.45) is -0.116. The highest BCUT2D eigenvalue weighted by atomic mass is 32.2. The number of hydrogen-bond donors (Lipinski definition) is 3. The predicted octanol–water partition coefficient (Wildman–Crippen LogP) is -0.400. The van der Waals surface area contributed by atoms with Crippen LogP contribution < -0.4 is 10.5 Å². The van der Waals surface area contributed by atoms with E-state index in [4.69, 9.17) is 10.8 Å². The summed E-state index contributed by atoms with van der Waals surface area (Å²) in [6.45, 7) is -0.115. The molecular formula is C8H10N2O5S2. The van der Waals surface area contributed by atoms with E-state index < -0.39 is 21.9 Å². The first-order valence-electron chi connectivity index (χ1n) is 4.43. The Morgan fingerprint density at radius 1 is 1.47 bits per heavy atom. The SMILES string of the molecule is NC(=O)CCNS(=O)(=O)c1csc(C(=O)O)c1. The Labute approximate surface area is 101 Å². The molecule has 0 aliphatic heterocycles. The van der Waals surface area contributed by atoms with E-state index in [2.05, 4.69) is 4.72 Å². The summed E-state index contributed by atoms with van der Waals surface area (Å²) in [7, 11) is -3.78. The predicted molar refractivity (Wildman–Crippen MR) is 60.3 cm³/mol. The van der Waals surface area contributed by atoms with E-state index >= 15 is 0 Å². The molecule has 1 aromatic rings. The fraction of sp³-hybridized carbons (Fsp3) is 0.250. The molecule has 4 N–H and O–H groups in total. The Morgan fingerprint density at radius 2 is 2.12 bits per heavy atom. The first kappa shape index (κ1) is 13.6. The number of carbonyl (C=O) groups is 2. The van der Waals surface area contributed by atoms with Crippen LogP contribution in [0.25, 0.3) is 0 Å². The molecule has 0 unspecified atom stereocenters. The Balaban J connectivity index is 2.75. The zero-order valence-electron chi connectivity index (χ0n) is 8.54. The van der Waals surface area contributed by atoms with Gasteiger partial charge < -0.3 is 10.8 Å². The van der Waals surface area contributed by atoms with Gasteiger partial charge in [-0.05, 0) is 6.07 Å². The first-order chi connectivity index (χ1) is 7.83. The zero-order chi connectivity index (χ0) is 13.1. The van der Waals surface area contributed by atoms with Crippen molar-refractivity contribution in [2.24, 2.45) is 5.73 Å². The summed E-state index contributed by atoms with van der Waals surface area (Å²) in [4.78, 5) is 20.8. The van der Waals surface area contributed by atoms with Crippen molar-refractivity contribution < 1.29 is 23.1 Å². The number of amides is 1. The number of carbonyl (C=O) groups excluding carboxylic acids is 1. The minimum absolute atomic E-state index is 0.0692. The Hall–Kier alpha value is -1.45. The average molecular weight is 278 g/mol. The van der Waals surface area contributed by atoms with Gasteiger partial charge in [-0.1, -0.05) is 0 Å². The number of sulfonamides is 1. The number of aromatic carboxylic acids is 1. The van der Waals surface area contributed by atoms with Gasteiger partial charge in [-0.15, -0.1) is 11.3 Å². The van der Waals surface area contributed by atoms with Crippen molar-refractivity contribution in [1.82, 2.24) is 4.72 Å². The standard InChI is InChI=1S/C8H10N2O5S2/c9-7(11)1-2-10-17(14,15)5-3-6(8(12)13)16-4-5/h3-4,10H,1-2H2,(H2,9,11)(H,12,13). The molecule has 0 aliphatic rings. The van der Waals surface area contributed by atoms with Crippen LogP contribution in [-0.4, -0.2) is 31.9 Å². The van der Waals surface area contributed by atoms with Crippen LogP contribution >= 0.6 is 11.3 Å². The normalized spacial score (nSPS) is 11.3. The summed E-state index contributed by atoms with van der Waals surface area (Å²) < 4.78 is 25.3. The van der Waals surface area contributed by atoms with Crippen LogP contribution in [0, 0.1) is 0 Å². The molecule has 0 spiro atoms. The molecule has 0 bridgehead atoms. The zero-order valence-corrected chi connectivity index (χ0v) is 10.2. The highest BCUT2D eigenvalue weighted by molar-refractivity contribution is 7.89. The maximum absolute atomic E-state index is 11.6. The van der Waals surface area contributed by atoms with Crippen LogP contribution in [0.3, 0.4) is 0 Å². The molecule has 1 aromatic heterocycles. The summed E-state index contributed by atoms with van der Waals surface area (Å²) in [6, 6.07) is 1.06. The van der Waals surface area contributed by atoms with E-state index in [9.17, 15) is 18.0 Å². The lowest BCUT2D eigenvalue weighted by atomic mass is 10.4. The van der Waals surface area contributed by atoms with Gasteiger partial charge in [0, 0.05) is 18.3 Å². The number of carboxylic acids is 1. The van der Waals surface area contributed by atoms with Crippen molar-refractivity contribution >= 4 is 33.2 Å². The maximum Gasteiger partial charge on any atom is 0.345 e. The van der Waals surface area contributed by atoms with E-state index in [1.807, 2.05) is 0 Å². The molecule has 0 radical (unpaired) electrons. The number of thiophene rings is 1. The van der Waals surface area contributed by atoms with E-state index in [1.54, 1.807) is 0 Å². The maximum atomic E-state index is 11.6. The van der Waals surface area contributed by atoms with E-state index in [0.717, 1.165) is 17.4 Å². The molecule has 0 fully saturated rings. The molecular weight excluding hydrogens is 268 g/mol. The molecule has 94 valence electrons. The highest BCUT2D eigenvalue weighted by Crippen LogP contribution is 2.18. The second kappa shape index (κ2) is 5.25. The third-order valence-corrected chi connectivity index (χ3v) is 4.27. The number of nitrogens with two attached hydrogens (primary N) is 1. The van der Waals surface area contributed by atoms with Crippen molar-refractivity contribution in [2.75, 3.05) is 6.54 Å². The van der Waals surface area contributed by atoms with Gasteiger partial charge >= 0.3 is 5.97 Å². The molecule has 7 nitrogen and oxygen atoms in total. The molecule has 1 rings (SSSR count). The fourth-order valence-electron chi connectivity index (χ4n) is 0.964. The lowest BCUT2D eigenvalue weighted by Gasteiger charge is -2.02. The van der Waals surface area contributed by atoms with Gasteiger partial charge in [0.2, 0.25) is 15.9 Å². The van der Waals surface area contributed by atoms with Crippen LogP contribution in [0.4, 0.5) is 0 Å². The Bertz CT molecular complexity index is 534. The highest BCUT2D eigenvalue weighted by Gasteiger charge is 2.18. The first-order valence-corrected chi connectivity index (χ1v) is 6.79. The lowest BCUT2D eigenvalue weighted by Crippen LogP contribution is -2.27. The second-order valence-corrected chi connectivity index (χ2v) is 5.74. The van der Waals surface area contributed by atoms with Gasteiger partial charge in [-0.3, -0.25) is 4.79 Å². The largest absolute Gasteiger partial charge is 0.477 e. The van der Waals surface area contributed by atoms with Gasteiger partial charge in [0.05, 0.1) is 4.90 Å². The molecule has 0 saturated carbocycles. The van der Waals surface area contributed by atoms with Crippen LogP contribution in [-0.2, 0) is 14.8 Å². The van der Waals surface area contributed by atoms with Crippen molar-refractivity contribution in [3.63, 3.8) is 0 Å². The number of hydrogen-bond acceptors (Lipinski definition) is 5. The van der Waals surface area contributed by atoms with Crippen LogP contribution in [0.5, 0.6) is 0 Å². The Morgan fingerprint density at radius 3 is 2.59 bits per heavy atom. The molecule has 0 atom stereocenters. The van der Waals surface area contributed by atoms with Crippen LogP contribution in [0.2, 0.25) is 0 Å². The van der Waals surface area contributed by atoms with E-state index in [0.29, 0.717) is 0 Å². The topological polar surface area (TPSA) is 127 Å². The quantitative estimate of drug-likeness (QED) is 0.652. The van der Waals surface area contributed by atoms with Crippen molar-refractivity contribution in [3.8, 4) is 0 Å². The summed E-state index contributed by atoms with van der Waals surface area (Å²) in [5.74, 6) is -1.81. The summed E-state index contributed by atoms with van der Waals surface area (Å²) in [5.41, 5.74) is 4.85. The third-order valence-electron chi connectivity index (χ3n) is 1.76. The average Bonchev–Trinajstić information content (AvgIpc) is 2.65. The van der Waals surface area contributed by atoms with Gasteiger partial charge in [0.1, 0.15) is 4.88 Å². The number of carboxylic acid groups (broad SMARTS) is 1. The van der Waals surface area contributed by atoms with Gasteiger partial charge in [-0.25, -0.2) is 17.9 Å². The molecule has 0 aliphatic carbocycles. The van der Waals surface area contributed by atoms with Gasteiger partial charge in [0.15, 0.2) is 0 Å². The third kappa shape index (κ3) is 3.80. The van der Waals surface area contributed by atoms with Crippen LogP contribution in [0.1, 0.15) is 16.1 Å². The van der Waals surface area contributed by atoms with Gasteiger partial charge in [0.25, 0.3) is 0 Å². The fourth-order valence-corrected chi connectivity index (χ4v) is 3.11. The molecule has 9 heteroatoms. The molecule has 1 amide bonds. The monoisotopic (exact) mass is 278 g/mol. The van der Waals surface area contributed by atoms with Crippen molar-refractivity contribution in [3.05, 3.63) is 16.3 Å². The van der Waals surface area contributed by atoms with E-state index in [-0.39, 0.29) is 22.7 Å². The van der Waals surface area contributed by atoms with Crippen molar-refractivity contribution in [2.45, 2.75) is 11.3 Å². The molecule has 17 heavy (non-hydrogen) atoms. The molecule has 1 heterocycles. The number of rotatable bonds is 6. The van der Waals surface area contributed by atoms with Crippen molar-refractivity contribution in [1.29, 1.82) is 0 Å². The lowest BCUT2D eigenvalue weighted by molar-refractivity contribution is -0.117. The van der Waals surface area contributed by atoms with Crippen LogP contribution in [0.15, 0.2) is 16.3 Å². The smallest absolute Gasteiger partial charge is 0.345 e. The molecule has 0 saturated heterocycles. The number of primary amides is 1. The minimum atomic E-state index is -3.78. The second-order valence-electron chi connectivity index (χ2n) is 3.07. The van der Waals surface area contributed by atoms with Gasteiger partial charge in [-0.2, -0.15) is 0 Å². The summed E-state index contributed by atoms with van der Waals surface area (Å²) in [5, 5.41) is 9.87. The molecule has 0 aromatic carbocycles. The Kier molecular flexibility index (Phi) is 4.21. The summed E-state index contributed by atoms with van der Waals surface area (Å²) >= 11 is 0.814. The van der Waals surface area contributed by atoms with E-state index in [1.165, 1.54) is 5.38 Å². The minimum Gasteiger partial charge on any atom is -0.477 e.